The molecule has 0 saturated heterocycles. The van der Waals surface area contributed by atoms with E-state index in [1.807, 2.05) is 30.3 Å². The molecule has 24 heavy (non-hydrogen) atoms. The molecule has 1 atom stereocenters. The molecule has 0 aliphatic rings. The van der Waals surface area contributed by atoms with Crippen LogP contribution in [0.25, 0.3) is 0 Å². The first-order valence-electron chi connectivity index (χ1n) is 7.28. The van der Waals surface area contributed by atoms with E-state index in [1.54, 1.807) is 0 Å². The summed E-state index contributed by atoms with van der Waals surface area (Å²) in [4.78, 5) is 12.1. The van der Waals surface area contributed by atoms with Crippen LogP contribution in [0.3, 0.4) is 0 Å². The van der Waals surface area contributed by atoms with Crippen LogP contribution in [0.4, 0.5) is 0 Å². The van der Waals surface area contributed by atoms with Crippen LogP contribution in [-0.4, -0.2) is 41.3 Å². The molecule has 0 aliphatic heterocycles. The van der Waals surface area contributed by atoms with E-state index in [9.17, 15) is 17.4 Å². The van der Waals surface area contributed by atoms with Gasteiger partial charge in [-0.3, -0.25) is 8.98 Å². The standard InChI is InChI=1S/C15H22O7S2/c1-15(2,12-22-24(19,20)10-6-9-23(17)18)14(16)21-11-13-7-4-3-5-8-13/h3-5,7-8H,6,9-12H2,1-2H3,(H,17,18). The van der Waals surface area contributed by atoms with Crippen molar-refractivity contribution in [3.8, 4) is 0 Å². The van der Waals surface area contributed by atoms with Crippen molar-refractivity contribution in [3.05, 3.63) is 35.9 Å². The number of carbonyl (C=O) groups excluding carboxylic acids is 1. The normalized spacial score (nSPS) is 13.5. The van der Waals surface area contributed by atoms with Gasteiger partial charge in [-0.25, -0.2) is 4.21 Å². The maximum absolute atomic E-state index is 12.1. The Morgan fingerprint density at radius 1 is 1.25 bits per heavy atom. The summed E-state index contributed by atoms with van der Waals surface area (Å²) in [6, 6.07) is 9.12. The Balaban J connectivity index is 2.46. The lowest BCUT2D eigenvalue weighted by atomic mass is 9.95. The van der Waals surface area contributed by atoms with Gasteiger partial charge in [-0.2, -0.15) is 8.42 Å². The Morgan fingerprint density at radius 3 is 2.46 bits per heavy atom. The number of esters is 1. The Bertz CT molecular complexity index is 654. The van der Waals surface area contributed by atoms with Crippen LogP contribution in [0.15, 0.2) is 30.3 Å². The highest BCUT2D eigenvalue weighted by Crippen LogP contribution is 2.20. The van der Waals surface area contributed by atoms with E-state index >= 15 is 0 Å². The molecule has 0 aliphatic carbocycles. The van der Waals surface area contributed by atoms with Crippen LogP contribution >= 0.6 is 0 Å². The van der Waals surface area contributed by atoms with Crippen LogP contribution in [0.1, 0.15) is 25.8 Å². The summed E-state index contributed by atoms with van der Waals surface area (Å²) < 4.78 is 52.5. The molecule has 1 aromatic carbocycles. The van der Waals surface area contributed by atoms with Crippen molar-refractivity contribution in [2.45, 2.75) is 26.9 Å². The number of hydrogen-bond donors (Lipinski definition) is 1. The molecular formula is C15H22O7S2. The quantitative estimate of drug-likeness (QED) is 0.375. The zero-order valence-electron chi connectivity index (χ0n) is 13.6. The van der Waals surface area contributed by atoms with Gasteiger partial charge in [0.05, 0.1) is 23.5 Å². The van der Waals surface area contributed by atoms with Crippen molar-refractivity contribution in [2.24, 2.45) is 5.41 Å². The molecule has 0 saturated carbocycles. The molecule has 1 N–H and O–H groups in total. The van der Waals surface area contributed by atoms with Crippen molar-refractivity contribution >= 4 is 27.2 Å². The number of hydrogen-bond acceptors (Lipinski definition) is 6. The maximum atomic E-state index is 12.1. The fourth-order valence-corrected chi connectivity index (χ4v) is 3.30. The predicted octanol–water partition coefficient (Wildman–Crippen LogP) is 1.71. The number of benzene rings is 1. The lowest BCUT2D eigenvalue weighted by molar-refractivity contribution is -0.156. The molecule has 0 fully saturated rings. The molecule has 0 spiro atoms. The van der Waals surface area contributed by atoms with Gasteiger partial charge in [0, 0.05) is 0 Å². The third kappa shape index (κ3) is 8.00. The minimum absolute atomic E-state index is 0.00429. The molecule has 1 rings (SSSR count). The van der Waals surface area contributed by atoms with Gasteiger partial charge in [0.1, 0.15) is 6.61 Å². The topological polar surface area (TPSA) is 107 Å². The van der Waals surface area contributed by atoms with Gasteiger partial charge in [0.2, 0.25) is 0 Å². The monoisotopic (exact) mass is 378 g/mol. The predicted molar refractivity (Wildman–Crippen MR) is 90.0 cm³/mol. The van der Waals surface area contributed by atoms with Crippen molar-refractivity contribution in [1.29, 1.82) is 0 Å². The lowest BCUT2D eigenvalue weighted by Gasteiger charge is -2.22. The summed E-state index contributed by atoms with van der Waals surface area (Å²) in [6.45, 7) is 2.79. The van der Waals surface area contributed by atoms with Gasteiger partial charge in [-0.15, -0.1) is 0 Å². The third-order valence-corrected chi connectivity index (χ3v) is 4.98. The summed E-state index contributed by atoms with van der Waals surface area (Å²) >= 11 is -2.04. The van der Waals surface area contributed by atoms with Crippen molar-refractivity contribution < 1.29 is 30.9 Å². The van der Waals surface area contributed by atoms with E-state index in [4.69, 9.17) is 13.5 Å². The van der Waals surface area contributed by atoms with Crippen LogP contribution in [-0.2, 0) is 41.5 Å². The third-order valence-electron chi connectivity index (χ3n) is 3.08. The molecule has 136 valence electrons. The van der Waals surface area contributed by atoms with Crippen LogP contribution in [0, 0.1) is 5.41 Å². The van der Waals surface area contributed by atoms with E-state index in [0.717, 1.165) is 5.56 Å². The van der Waals surface area contributed by atoms with Crippen LogP contribution in [0.5, 0.6) is 0 Å². The largest absolute Gasteiger partial charge is 0.460 e. The molecule has 9 heteroatoms. The number of rotatable bonds is 10. The first-order valence-corrected chi connectivity index (χ1v) is 10.1. The van der Waals surface area contributed by atoms with E-state index in [-0.39, 0.29) is 31.1 Å². The minimum Gasteiger partial charge on any atom is -0.460 e. The lowest BCUT2D eigenvalue weighted by Crippen LogP contribution is -2.33. The Morgan fingerprint density at radius 2 is 1.88 bits per heavy atom. The van der Waals surface area contributed by atoms with Gasteiger partial charge < -0.3 is 9.29 Å². The fourth-order valence-electron chi connectivity index (χ4n) is 1.63. The van der Waals surface area contributed by atoms with Crippen molar-refractivity contribution in [3.63, 3.8) is 0 Å². The first kappa shape index (κ1) is 20.8. The van der Waals surface area contributed by atoms with Crippen LogP contribution in [0.2, 0.25) is 0 Å². The summed E-state index contributed by atoms with van der Waals surface area (Å²) in [5, 5.41) is 0. The summed E-state index contributed by atoms with van der Waals surface area (Å²) in [5.74, 6) is -1.10. The smallest absolute Gasteiger partial charge is 0.314 e. The van der Waals surface area contributed by atoms with Gasteiger partial charge in [0.25, 0.3) is 10.1 Å². The first-order chi connectivity index (χ1) is 11.1. The van der Waals surface area contributed by atoms with E-state index in [0.29, 0.717) is 0 Å². The SMILES string of the molecule is CC(C)(COS(=O)(=O)CCCS(=O)O)C(=O)OCc1ccccc1. The van der Waals surface area contributed by atoms with Crippen molar-refractivity contribution in [1.82, 2.24) is 0 Å². The Hall–Kier alpha value is -1.29. The van der Waals surface area contributed by atoms with Crippen molar-refractivity contribution in [2.75, 3.05) is 18.1 Å². The second-order valence-corrected chi connectivity index (χ2v) is 8.66. The molecule has 1 aromatic rings. The zero-order valence-corrected chi connectivity index (χ0v) is 15.3. The average molecular weight is 378 g/mol. The van der Waals surface area contributed by atoms with Gasteiger partial charge in [0.15, 0.2) is 11.1 Å². The minimum atomic E-state index is -3.86. The Kier molecular flexibility index (Phi) is 8.01. The van der Waals surface area contributed by atoms with E-state index in [1.165, 1.54) is 13.8 Å². The average Bonchev–Trinajstić information content (AvgIpc) is 2.51. The van der Waals surface area contributed by atoms with E-state index in [2.05, 4.69) is 0 Å². The van der Waals surface area contributed by atoms with Gasteiger partial charge >= 0.3 is 5.97 Å². The maximum Gasteiger partial charge on any atom is 0.314 e. The fraction of sp³-hybridized carbons (Fsp3) is 0.533. The second-order valence-electron chi connectivity index (χ2n) is 5.85. The summed E-state index contributed by atoms with van der Waals surface area (Å²) in [5.41, 5.74) is -0.311. The second kappa shape index (κ2) is 9.26. The molecule has 7 nitrogen and oxygen atoms in total. The molecule has 0 amide bonds. The highest BCUT2D eigenvalue weighted by atomic mass is 32.2. The van der Waals surface area contributed by atoms with Gasteiger partial charge in [-0.1, -0.05) is 30.3 Å². The summed E-state index contributed by atoms with van der Waals surface area (Å²) in [7, 11) is -3.86. The molecule has 0 radical (unpaired) electrons. The molecular weight excluding hydrogens is 356 g/mol. The molecule has 0 bridgehead atoms. The number of carbonyl (C=O) groups is 1. The van der Waals surface area contributed by atoms with E-state index < -0.39 is 32.6 Å². The molecule has 0 heterocycles. The summed E-state index contributed by atoms with van der Waals surface area (Å²) in [6.07, 6.45) is 0.00429. The van der Waals surface area contributed by atoms with Crippen LogP contribution < -0.4 is 0 Å². The number of ether oxygens (including phenoxy) is 1. The zero-order chi connectivity index (χ0) is 18.2. The molecule has 0 aromatic heterocycles. The Labute approximate surface area is 144 Å². The molecule has 1 unspecified atom stereocenters. The highest BCUT2D eigenvalue weighted by molar-refractivity contribution is 7.86. The highest BCUT2D eigenvalue weighted by Gasteiger charge is 2.32. The van der Waals surface area contributed by atoms with Gasteiger partial charge in [-0.05, 0) is 25.8 Å².